The Morgan fingerprint density at radius 3 is 3.00 bits per heavy atom. The highest BCUT2D eigenvalue weighted by molar-refractivity contribution is 5.92. The van der Waals surface area contributed by atoms with Crippen LogP contribution in [0.4, 0.5) is 0 Å². The molecule has 0 aromatic carbocycles. The summed E-state index contributed by atoms with van der Waals surface area (Å²) >= 11 is 0. The molecule has 72 valence electrons. The average molecular weight is 183 g/mol. The summed E-state index contributed by atoms with van der Waals surface area (Å²) in [6.45, 7) is 0.940. The van der Waals surface area contributed by atoms with Crippen LogP contribution in [0.15, 0.2) is 0 Å². The first kappa shape index (κ1) is 8.50. The van der Waals surface area contributed by atoms with Crippen LogP contribution in [0.25, 0.3) is 0 Å². The molecule has 0 bridgehead atoms. The van der Waals surface area contributed by atoms with Crippen LogP contribution in [-0.2, 0) is 9.59 Å². The fourth-order valence-electron chi connectivity index (χ4n) is 1.93. The number of nitrogens with one attached hydrogen (secondary N) is 1. The van der Waals surface area contributed by atoms with Gasteiger partial charge in [0, 0.05) is 13.1 Å². The van der Waals surface area contributed by atoms with E-state index in [9.17, 15) is 9.59 Å². The van der Waals surface area contributed by atoms with Crippen molar-refractivity contribution in [1.29, 1.82) is 0 Å². The number of nitrogens with two attached hydrogens (primary N) is 1. The van der Waals surface area contributed by atoms with Crippen molar-refractivity contribution in [3.63, 3.8) is 0 Å². The van der Waals surface area contributed by atoms with Gasteiger partial charge in [0.15, 0.2) is 0 Å². The normalized spacial score (nSPS) is 34.1. The Balaban J connectivity index is 2.24. The number of amides is 2. The minimum atomic E-state index is -0.563. The number of hydrogen-bond acceptors (Lipinski definition) is 3. The molecule has 2 aliphatic heterocycles. The fourth-order valence-corrected chi connectivity index (χ4v) is 1.93. The maximum Gasteiger partial charge on any atom is 0.242 e. The highest BCUT2D eigenvalue weighted by Gasteiger charge is 2.38. The number of rotatable bonds is 0. The maximum atomic E-state index is 11.6. The van der Waals surface area contributed by atoms with E-state index in [1.165, 1.54) is 0 Å². The van der Waals surface area contributed by atoms with Gasteiger partial charge in [-0.2, -0.15) is 0 Å². The van der Waals surface area contributed by atoms with Crippen LogP contribution in [0.2, 0.25) is 0 Å². The van der Waals surface area contributed by atoms with Gasteiger partial charge in [0.1, 0.15) is 12.1 Å². The lowest BCUT2D eigenvalue weighted by molar-refractivity contribution is -0.136. The summed E-state index contributed by atoms with van der Waals surface area (Å²) in [5.74, 6) is -0.153. The second-order valence-corrected chi connectivity index (χ2v) is 3.54. The predicted octanol–water partition coefficient (Wildman–Crippen LogP) is -1.57. The van der Waals surface area contributed by atoms with Gasteiger partial charge in [-0.3, -0.25) is 9.59 Å². The van der Waals surface area contributed by atoms with E-state index in [1.807, 2.05) is 0 Å². The smallest absolute Gasteiger partial charge is 0.242 e. The largest absolute Gasteiger partial charge is 0.352 e. The Hall–Kier alpha value is -1.10. The fraction of sp³-hybridized carbons (Fsp3) is 0.750. The molecule has 2 saturated heterocycles. The van der Waals surface area contributed by atoms with E-state index in [1.54, 1.807) is 4.90 Å². The van der Waals surface area contributed by atoms with Gasteiger partial charge in [0.25, 0.3) is 0 Å². The van der Waals surface area contributed by atoms with Crippen LogP contribution < -0.4 is 11.1 Å². The molecule has 2 fully saturated rings. The minimum Gasteiger partial charge on any atom is -0.352 e. The molecular weight excluding hydrogens is 170 g/mol. The lowest BCUT2D eigenvalue weighted by Crippen LogP contribution is -2.46. The number of fused-ring (bicyclic) bond motifs is 1. The summed E-state index contributed by atoms with van der Waals surface area (Å²) in [6.07, 6.45) is 1.67. The third kappa shape index (κ3) is 1.29. The summed E-state index contributed by atoms with van der Waals surface area (Å²) in [5.41, 5.74) is 5.59. The minimum absolute atomic E-state index is 0.0567. The molecule has 2 rings (SSSR count). The molecule has 2 aliphatic rings. The van der Waals surface area contributed by atoms with Gasteiger partial charge >= 0.3 is 0 Å². The Bertz CT molecular complexity index is 254. The highest BCUT2D eigenvalue weighted by atomic mass is 16.2. The molecule has 5 nitrogen and oxygen atoms in total. The molecule has 0 radical (unpaired) electrons. The molecule has 5 heteroatoms. The van der Waals surface area contributed by atoms with Crippen LogP contribution in [-0.4, -0.2) is 41.9 Å². The van der Waals surface area contributed by atoms with Gasteiger partial charge in [-0.15, -0.1) is 0 Å². The van der Waals surface area contributed by atoms with E-state index >= 15 is 0 Å². The van der Waals surface area contributed by atoms with Crippen LogP contribution >= 0.6 is 0 Å². The lowest BCUT2D eigenvalue weighted by atomic mass is 10.2. The SMILES string of the molecule is N[C@@H]1CNC(=O)[C@@H]2CCCN2C1=O. The Labute approximate surface area is 76.3 Å². The summed E-state index contributed by atoms with van der Waals surface area (Å²) in [6, 6.07) is -0.826. The number of hydrogen-bond donors (Lipinski definition) is 2. The Morgan fingerprint density at radius 1 is 1.46 bits per heavy atom. The van der Waals surface area contributed by atoms with Gasteiger partial charge in [-0.25, -0.2) is 0 Å². The van der Waals surface area contributed by atoms with Crippen molar-refractivity contribution in [2.75, 3.05) is 13.1 Å². The van der Waals surface area contributed by atoms with E-state index in [-0.39, 0.29) is 24.4 Å². The molecular formula is C8H13N3O2. The Morgan fingerprint density at radius 2 is 2.23 bits per heavy atom. The average Bonchev–Trinajstić information content (AvgIpc) is 2.57. The topological polar surface area (TPSA) is 75.4 Å². The van der Waals surface area contributed by atoms with Gasteiger partial charge < -0.3 is 16.0 Å². The van der Waals surface area contributed by atoms with Gasteiger partial charge in [0.2, 0.25) is 11.8 Å². The van der Waals surface area contributed by atoms with E-state index in [2.05, 4.69) is 5.32 Å². The van der Waals surface area contributed by atoms with Crippen molar-refractivity contribution < 1.29 is 9.59 Å². The Kier molecular flexibility index (Phi) is 1.95. The van der Waals surface area contributed by atoms with Gasteiger partial charge in [0.05, 0.1) is 0 Å². The molecule has 0 spiro atoms. The molecule has 0 saturated carbocycles. The second kappa shape index (κ2) is 2.99. The molecule has 2 amide bonds. The van der Waals surface area contributed by atoms with Crippen LogP contribution in [0.3, 0.4) is 0 Å². The van der Waals surface area contributed by atoms with Crippen molar-refractivity contribution in [2.24, 2.45) is 5.73 Å². The zero-order valence-corrected chi connectivity index (χ0v) is 7.32. The molecule has 0 aromatic heterocycles. The van der Waals surface area contributed by atoms with E-state index in [0.29, 0.717) is 6.54 Å². The third-order valence-corrected chi connectivity index (χ3v) is 2.65. The monoisotopic (exact) mass is 183 g/mol. The van der Waals surface area contributed by atoms with E-state index in [0.717, 1.165) is 12.8 Å². The van der Waals surface area contributed by atoms with Crippen molar-refractivity contribution in [3.8, 4) is 0 Å². The summed E-state index contributed by atoms with van der Waals surface area (Å²) < 4.78 is 0. The first-order valence-electron chi connectivity index (χ1n) is 4.54. The van der Waals surface area contributed by atoms with E-state index < -0.39 is 6.04 Å². The second-order valence-electron chi connectivity index (χ2n) is 3.54. The van der Waals surface area contributed by atoms with Crippen LogP contribution in [0.1, 0.15) is 12.8 Å². The predicted molar refractivity (Wildman–Crippen MR) is 45.7 cm³/mol. The molecule has 0 unspecified atom stereocenters. The quantitative estimate of drug-likeness (QED) is 0.476. The van der Waals surface area contributed by atoms with E-state index in [4.69, 9.17) is 5.73 Å². The summed E-state index contributed by atoms with van der Waals surface area (Å²) in [5, 5.41) is 2.67. The van der Waals surface area contributed by atoms with Crippen molar-refractivity contribution in [1.82, 2.24) is 10.2 Å². The lowest BCUT2D eigenvalue weighted by Gasteiger charge is -2.21. The summed E-state index contributed by atoms with van der Waals surface area (Å²) in [4.78, 5) is 24.6. The van der Waals surface area contributed by atoms with Gasteiger partial charge in [-0.1, -0.05) is 0 Å². The summed E-state index contributed by atoms with van der Waals surface area (Å²) in [7, 11) is 0. The molecule has 3 N–H and O–H groups in total. The number of carbonyl (C=O) groups excluding carboxylic acids is 2. The maximum absolute atomic E-state index is 11.6. The van der Waals surface area contributed by atoms with Crippen LogP contribution in [0, 0.1) is 0 Å². The first-order valence-corrected chi connectivity index (χ1v) is 4.54. The van der Waals surface area contributed by atoms with Gasteiger partial charge in [-0.05, 0) is 12.8 Å². The van der Waals surface area contributed by atoms with Crippen molar-refractivity contribution in [2.45, 2.75) is 24.9 Å². The molecule has 2 heterocycles. The van der Waals surface area contributed by atoms with Crippen molar-refractivity contribution in [3.05, 3.63) is 0 Å². The molecule has 2 atom stereocenters. The standard InChI is InChI=1S/C8H13N3O2/c9-5-4-10-7(12)6-2-1-3-11(6)8(5)13/h5-6H,1-4,9H2,(H,10,12)/t5-,6+/m1/s1. The molecule has 0 aliphatic carbocycles. The highest BCUT2D eigenvalue weighted by Crippen LogP contribution is 2.19. The number of carbonyl (C=O) groups is 2. The molecule has 0 aromatic rings. The molecule has 13 heavy (non-hydrogen) atoms. The zero-order valence-electron chi connectivity index (χ0n) is 7.32. The van der Waals surface area contributed by atoms with Crippen LogP contribution in [0.5, 0.6) is 0 Å². The number of nitrogens with zero attached hydrogens (tertiary/aromatic N) is 1. The first-order chi connectivity index (χ1) is 6.20. The third-order valence-electron chi connectivity index (χ3n) is 2.65. The van der Waals surface area contributed by atoms with Crippen molar-refractivity contribution >= 4 is 11.8 Å². The zero-order chi connectivity index (χ0) is 9.42.